The van der Waals surface area contributed by atoms with Crippen LogP contribution in [0.3, 0.4) is 0 Å². The van der Waals surface area contributed by atoms with Gasteiger partial charge in [0.1, 0.15) is 0 Å². The van der Waals surface area contributed by atoms with Gasteiger partial charge in [-0.05, 0) is 55.2 Å². The fraction of sp³-hybridized carbons (Fsp3) is 0.364. The van der Waals surface area contributed by atoms with E-state index in [4.69, 9.17) is 9.72 Å². The van der Waals surface area contributed by atoms with E-state index in [0.717, 1.165) is 51.0 Å². The molecule has 29 heavy (non-hydrogen) atoms. The Morgan fingerprint density at radius 1 is 1.31 bits per heavy atom. The van der Waals surface area contributed by atoms with Gasteiger partial charge in [0.15, 0.2) is 5.13 Å². The third-order valence-corrected chi connectivity index (χ3v) is 7.61. The minimum Gasteiger partial charge on any atom is -0.376 e. The molecule has 4 nitrogen and oxygen atoms in total. The Morgan fingerprint density at radius 3 is 2.93 bits per heavy atom. The van der Waals surface area contributed by atoms with Crippen LogP contribution >= 0.6 is 34.9 Å². The van der Waals surface area contributed by atoms with Crippen LogP contribution < -0.4 is 4.90 Å². The first-order valence-electron chi connectivity index (χ1n) is 9.79. The molecular weight excluding hydrogens is 420 g/mol. The molecule has 1 unspecified atom stereocenters. The van der Waals surface area contributed by atoms with Crippen molar-refractivity contribution in [2.75, 3.05) is 30.1 Å². The van der Waals surface area contributed by atoms with Gasteiger partial charge in [-0.1, -0.05) is 30.4 Å². The summed E-state index contributed by atoms with van der Waals surface area (Å²) in [5, 5.41) is 0.745. The number of rotatable bonds is 7. The number of fused-ring (bicyclic) bond motifs is 1. The maximum absolute atomic E-state index is 13.6. The summed E-state index contributed by atoms with van der Waals surface area (Å²) in [7, 11) is 0. The van der Waals surface area contributed by atoms with Crippen molar-refractivity contribution in [1.82, 2.24) is 4.98 Å². The number of thiazole rings is 1. The van der Waals surface area contributed by atoms with Gasteiger partial charge < -0.3 is 4.74 Å². The van der Waals surface area contributed by atoms with Gasteiger partial charge in [0.25, 0.3) is 5.91 Å². The predicted molar refractivity (Wildman–Crippen MR) is 125 cm³/mol. The molecule has 1 aromatic heterocycles. The molecule has 1 aliphatic heterocycles. The van der Waals surface area contributed by atoms with E-state index in [2.05, 4.69) is 25.3 Å². The molecule has 1 amide bonds. The predicted octanol–water partition coefficient (Wildman–Crippen LogP) is 5.96. The maximum atomic E-state index is 13.6. The van der Waals surface area contributed by atoms with Crippen molar-refractivity contribution < 1.29 is 9.53 Å². The summed E-state index contributed by atoms with van der Waals surface area (Å²) >= 11 is 4.99. The summed E-state index contributed by atoms with van der Waals surface area (Å²) in [6.07, 6.45) is 4.17. The van der Waals surface area contributed by atoms with E-state index in [-0.39, 0.29) is 12.0 Å². The van der Waals surface area contributed by atoms with E-state index < -0.39 is 0 Å². The van der Waals surface area contributed by atoms with Gasteiger partial charge in [0.05, 0.1) is 28.4 Å². The van der Waals surface area contributed by atoms with Crippen molar-refractivity contribution in [3.05, 3.63) is 48.0 Å². The molecule has 0 aliphatic carbocycles. The lowest BCUT2D eigenvalue weighted by atomic mass is 10.1. The van der Waals surface area contributed by atoms with Gasteiger partial charge in [-0.2, -0.15) is 0 Å². The number of hydrogen-bond donors (Lipinski definition) is 0. The van der Waals surface area contributed by atoms with Crippen LogP contribution in [0.25, 0.3) is 10.2 Å². The van der Waals surface area contributed by atoms with E-state index in [0.29, 0.717) is 6.54 Å². The summed E-state index contributed by atoms with van der Waals surface area (Å²) in [6, 6.07) is 14.1. The van der Waals surface area contributed by atoms with E-state index in [1.54, 1.807) is 34.9 Å². The van der Waals surface area contributed by atoms with Crippen LogP contribution in [-0.4, -0.2) is 42.2 Å². The minimum atomic E-state index is 0.00111. The SMILES string of the molecule is CCSc1ccccc1C(=O)N(CC1CCCO1)c1nc2ccc(SC)cc2s1. The second-order valence-corrected chi connectivity index (χ2v) is 10.0. The van der Waals surface area contributed by atoms with E-state index in [1.165, 1.54) is 4.90 Å². The zero-order valence-corrected chi connectivity index (χ0v) is 19.0. The first-order chi connectivity index (χ1) is 14.2. The third-order valence-electron chi connectivity index (χ3n) is 4.89. The molecule has 2 heterocycles. The van der Waals surface area contributed by atoms with Crippen LogP contribution in [0.1, 0.15) is 30.1 Å². The number of anilines is 1. The minimum absolute atomic E-state index is 0.00111. The molecule has 1 fully saturated rings. The Labute approximate surface area is 184 Å². The van der Waals surface area contributed by atoms with Crippen LogP contribution in [0, 0.1) is 0 Å². The number of carbonyl (C=O) groups excluding carboxylic acids is 1. The fourth-order valence-electron chi connectivity index (χ4n) is 3.45. The summed E-state index contributed by atoms with van der Waals surface area (Å²) < 4.78 is 6.96. The van der Waals surface area contributed by atoms with Crippen molar-refractivity contribution in [2.45, 2.75) is 35.7 Å². The zero-order valence-electron chi connectivity index (χ0n) is 16.6. The highest BCUT2D eigenvalue weighted by atomic mass is 32.2. The highest BCUT2D eigenvalue weighted by Gasteiger charge is 2.28. The largest absolute Gasteiger partial charge is 0.376 e. The summed E-state index contributed by atoms with van der Waals surface area (Å²) in [5.74, 6) is 0.926. The highest BCUT2D eigenvalue weighted by Crippen LogP contribution is 2.34. The van der Waals surface area contributed by atoms with Gasteiger partial charge >= 0.3 is 0 Å². The monoisotopic (exact) mass is 444 g/mol. The molecule has 0 N–H and O–H groups in total. The highest BCUT2D eigenvalue weighted by molar-refractivity contribution is 7.99. The first kappa shape index (κ1) is 20.7. The molecule has 0 bridgehead atoms. The lowest BCUT2D eigenvalue weighted by Gasteiger charge is -2.24. The van der Waals surface area contributed by atoms with Crippen LogP contribution in [0.4, 0.5) is 5.13 Å². The number of nitrogens with zero attached hydrogens (tertiary/aromatic N) is 2. The second-order valence-electron chi connectivity index (χ2n) is 6.81. The number of ether oxygens (including phenoxy) is 1. The van der Waals surface area contributed by atoms with Gasteiger partial charge in [-0.25, -0.2) is 4.98 Å². The Hall–Kier alpha value is -1.54. The van der Waals surface area contributed by atoms with Gasteiger partial charge in [-0.3, -0.25) is 9.69 Å². The molecular formula is C22H24N2O2S3. The van der Waals surface area contributed by atoms with Crippen LogP contribution in [-0.2, 0) is 4.74 Å². The maximum Gasteiger partial charge on any atom is 0.261 e. The summed E-state index contributed by atoms with van der Waals surface area (Å²) in [5.41, 5.74) is 1.67. The Balaban J connectivity index is 1.72. The molecule has 0 spiro atoms. The second kappa shape index (κ2) is 9.51. The molecule has 152 valence electrons. The van der Waals surface area contributed by atoms with Crippen molar-refractivity contribution in [3.63, 3.8) is 0 Å². The molecule has 1 saturated heterocycles. The molecule has 1 aliphatic rings. The number of carbonyl (C=O) groups is 1. The summed E-state index contributed by atoms with van der Waals surface area (Å²) in [6.45, 7) is 3.41. The van der Waals surface area contributed by atoms with E-state index in [9.17, 15) is 4.79 Å². The topological polar surface area (TPSA) is 42.4 Å². The van der Waals surface area contributed by atoms with Crippen LogP contribution in [0.5, 0.6) is 0 Å². The van der Waals surface area contributed by atoms with Crippen molar-refractivity contribution in [2.24, 2.45) is 0 Å². The van der Waals surface area contributed by atoms with E-state index >= 15 is 0 Å². The lowest BCUT2D eigenvalue weighted by Crippen LogP contribution is -2.37. The third kappa shape index (κ3) is 4.63. The van der Waals surface area contributed by atoms with Crippen LogP contribution in [0.15, 0.2) is 52.3 Å². The molecule has 1 atom stereocenters. The van der Waals surface area contributed by atoms with Gasteiger partial charge in [0.2, 0.25) is 0 Å². The number of amides is 1. The average Bonchev–Trinajstić information content (AvgIpc) is 3.41. The average molecular weight is 445 g/mol. The van der Waals surface area contributed by atoms with Crippen molar-refractivity contribution in [3.8, 4) is 0 Å². The molecule has 2 aromatic carbocycles. The first-order valence-corrected chi connectivity index (χ1v) is 12.8. The molecule has 3 aromatic rings. The number of aromatic nitrogens is 1. The molecule has 4 rings (SSSR count). The Kier molecular flexibility index (Phi) is 6.80. The molecule has 0 radical (unpaired) electrons. The smallest absolute Gasteiger partial charge is 0.261 e. The normalized spacial score (nSPS) is 16.4. The van der Waals surface area contributed by atoms with Crippen molar-refractivity contribution in [1.29, 1.82) is 0 Å². The number of thioether (sulfide) groups is 2. The van der Waals surface area contributed by atoms with Gasteiger partial charge in [0, 0.05) is 16.4 Å². The van der Waals surface area contributed by atoms with Gasteiger partial charge in [-0.15, -0.1) is 23.5 Å². The molecule has 0 saturated carbocycles. The fourth-order valence-corrected chi connectivity index (χ4v) is 5.77. The standard InChI is InChI=1S/C22H24N2O2S3/c1-3-28-19-9-5-4-8-17(19)21(25)24(14-15-7-6-12-26-15)22-23-18-11-10-16(27-2)13-20(18)29-22/h4-5,8-11,13,15H,3,6-7,12,14H2,1-2H3. The van der Waals surface area contributed by atoms with Crippen molar-refractivity contribution >= 4 is 56.1 Å². The number of benzene rings is 2. The number of hydrogen-bond acceptors (Lipinski definition) is 6. The summed E-state index contributed by atoms with van der Waals surface area (Å²) in [4.78, 5) is 22.5. The Bertz CT molecular complexity index is 999. The lowest BCUT2D eigenvalue weighted by molar-refractivity contribution is 0.0915. The quantitative estimate of drug-likeness (QED) is 0.421. The zero-order chi connectivity index (χ0) is 20.2. The molecule has 7 heteroatoms. The van der Waals surface area contributed by atoms with E-state index in [1.807, 2.05) is 35.2 Å². The Morgan fingerprint density at radius 2 is 2.17 bits per heavy atom. The van der Waals surface area contributed by atoms with Crippen LogP contribution in [0.2, 0.25) is 0 Å².